The molecule has 0 aliphatic carbocycles. The molecule has 124 valence electrons. The lowest BCUT2D eigenvalue weighted by Gasteiger charge is -2.08. The zero-order valence-electron chi connectivity index (χ0n) is 13.4. The van der Waals surface area contributed by atoms with E-state index in [1.54, 1.807) is 7.05 Å². The van der Waals surface area contributed by atoms with E-state index in [-0.39, 0.29) is 17.2 Å². The highest BCUT2D eigenvalue weighted by atomic mass is 32.2. The average molecular weight is 359 g/mol. The molecule has 24 heavy (non-hydrogen) atoms. The van der Waals surface area contributed by atoms with Gasteiger partial charge < -0.3 is 5.32 Å². The van der Waals surface area contributed by atoms with Crippen molar-refractivity contribution >= 4 is 39.2 Å². The minimum Gasteiger partial charge on any atom is -0.351 e. The fraction of sp³-hybridized carbons (Fsp3) is 0.235. The van der Waals surface area contributed by atoms with E-state index in [9.17, 15) is 9.59 Å². The monoisotopic (exact) mass is 359 g/mol. The summed E-state index contributed by atoms with van der Waals surface area (Å²) >= 11 is 2.65. The predicted octanol–water partition coefficient (Wildman–Crippen LogP) is 2.71. The van der Waals surface area contributed by atoms with Crippen LogP contribution in [0.3, 0.4) is 0 Å². The Hall–Kier alpha value is -2.12. The van der Waals surface area contributed by atoms with Crippen LogP contribution < -0.4 is 10.9 Å². The van der Waals surface area contributed by atoms with Crippen molar-refractivity contribution in [2.45, 2.75) is 18.6 Å². The summed E-state index contributed by atoms with van der Waals surface area (Å²) in [5.74, 6) is 0.141. The molecular formula is C17H17N3O2S2. The standard InChI is InChI=1S/C17H17N3O2S2/c1-11-3-5-12(6-4-11)9-18-14(21)10-24-17-19-13-7-8-23-15(13)16(22)20(17)2/h3-8H,9-10H2,1-2H3,(H,18,21). The largest absolute Gasteiger partial charge is 0.351 e. The normalized spacial score (nSPS) is 10.9. The molecule has 0 saturated carbocycles. The fourth-order valence-corrected chi connectivity index (χ4v) is 3.79. The van der Waals surface area contributed by atoms with Gasteiger partial charge in [0.05, 0.1) is 11.3 Å². The van der Waals surface area contributed by atoms with Crippen molar-refractivity contribution in [3.05, 3.63) is 57.2 Å². The van der Waals surface area contributed by atoms with Crippen LogP contribution in [0.2, 0.25) is 0 Å². The number of hydrogen-bond donors (Lipinski definition) is 1. The number of amides is 1. The number of fused-ring (bicyclic) bond motifs is 1. The number of benzene rings is 1. The van der Waals surface area contributed by atoms with Crippen molar-refractivity contribution in [2.24, 2.45) is 7.05 Å². The third-order valence-electron chi connectivity index (χ3n) is 3.59. The van der Waals surface area contributed by atoms with Crippen LogP contribution in [0.15, 0.2) is 45.7 Å². The Bertz CT molecular complexity index is 929. The molecule has 1 amide bonds. The van der Waals surface area contributed by atoms with E-state index < -0.39 is 0 Å². The van der Waals surface area contributed by atoms with Gasteiger partial charge in [0, 0.05) is 13.6 Å². The second-order valence-corrected chi connectivity index (χ2v) is 7.30. The molecule has 0 unspecified atom stereocenters. The molecule has 3 rings (SSSR count). The Morgan fingerprint density at radius 2 is 2.04 bits per heavy atom. The summed E-state index contributed by atoms with van der Waals surface area (Å²) in [4.78, 5) is 28.7. The summed E-state index contributed by atoms with van der Waals surface area (Å²) in [5.41, 5.74) is 2.86. The second-order valence-electron chi connectivity index (χ2n) is 5.44. The number of aryl methyl sites for hydroxylation is 1. The number of carbonyl (C=O) groups excluding carboxylic acids is 1. The summed E-state index contributed by atoms with van der Waals surface area (Å²) in [7, 11) is 1.68. The maximum absolute atomic E-state index is 12.2. The number of thiophene rings is 1. The predicted molar refractivity (Wildman–Crippen MR) is 98.6 cm³/mol. The van der Waals surface area contributed by atoms with Gasteiger partial charge in [0.15, 0.2) is 5.16 Å². The maximum Gasteiger partial charge on any atom is 0.271 e. The molecule has 0 saturated heterocycles. The zero-order valence-corrected chi connectivity index (χ0v) is 15.0. The maximum atomic E-state index is 12.2. The van der Waals surface area contributed by atoms with Crippen molar-refractivity contribution in [2.75, 3.05) is 5.75 Å². The quantitative estimate of drug-likeness (QED) is 0.562. The molecule has 7 heteroatoms. The fourth-order valence-electron chi connectivity index (χ4n) is 2.18. The van der Waals surface area contributed by atoms with Gasteiger partial charge in [0.25, 0.3) is 5.56 Å². The molecule has 0 aliphatic heterocycles. The number of hydrogen-bond acceptors (Lipinski definition) is 5. The highest BCUT2D eigenvalue weighted by Gasteiger charge is 2.11. The van der Waals surface area contributed by atoms with Crippen LogP contribution in [0.1, 0.15) is 11.1 Å². The number of nitrogens with one attached hydrogen (secondary N) is 1. The highest BCUT2D eigenvalue weighted by molar-refractivity contribution is 7.99. The lowest BCUT2D eigenvalue weighted by Crippen LogP contribution is -2.25. The van der Waals surface area contributed by atoms with Gasteiger partial charge >= 0.3 is 0 Å². The Labute approximate surface area is 147 Å². The van der Waals surface area contributed by atoms with Crippen LogP contribution in [0.5, 0.6) is 0 Å². The third-order valence-corrected chi connectivity index (χ3v) is 5.51. The van der Waals surface area contributed by atoms with Gasteiger partial charge in [-0.25, -0.2) is 4.98 Å². The minimum absolute atomic E-state index is 0.0717. The summed E-state index contributed by atoms with van der Waals surface area (Å²) < 4.78 is 2.14. The first kappa shape index (κ1) is 16.7. The van der Waals surface area contributed by atoms with Gasteiger partial charge in [-0.1, -0.05) is 41.6 Å². The Morgan fingerprint density at radius 1 is 1.29 bits per heavy atom. The molecule has 0 aliphatic rings. The molecule has 2 heterocycles. The topological polar surface area (TPSA) is 64.0 Å². The van der Waals surface area contributed by atoms with Crippen molar-refractivity contribution < 1.29 is 4.79 Å². The van der Waals surface area contributed by atoms with Crippen LogP contribution >= 0.6 is 23.1 Å². The lowest BCUT2D eigenvalue weighted by atomic mass is 10.1. The van der Waals surface area contributed by atoms with Crippen LogP contribution in [-0.4, -0.2) is 21.2 Å². The summed E-state index contributed by atoms with van der Waals surface area (Å²) in [5, 5.41) is 5.28. The van der Waals surface area contributed by atoms with E-state index >= 15 is 0 Å². The highest BCUT2D eigenvalue weighted by Crippen LogP contribution is 2.19. The smallest absolute Gasteiger partial charge is 0.271 e. The van der Waals surface area contributed by atoms with Gasteiger partial charge in [-0.3, -0.25) is 14.2 Å². The van der Waals surface area contributed by atoms with Gasteiger partial charge in [-0.05, 0) is 23.9 Å². The van der Waals surface area contributed by atoms with Crippen molar-refractivity contribution in [3.8, 4) is 0 Å². The third kappa shape index (κ3) is 3.68. The molecule has 1 aromatic carbocycles. The van der Waals surface area contributed by atoms with E-state index in [0.29, 0.717) is 21.9 Å². The number of nitrogens with zero attached hydrogens (tertiary/aromatic N) is 2. The molecule has 5 nitrogen and oxygen atoms in total. The van der Waals surface area contributed by atoms with Crippen molar-refractivity contribution in [3.63, 3.8) is 0 Å². The van der Waals surface area contributed by atoms with Crippen LogP contribution in [-0.2, 0) is 18.4 Å². The van der Waals surface area contributed by atoms with E-state index in [1.807, 2.05) is 42.6 Å². The molecule has 1 N–H and O–H groups in total. The van der Waals surface area contributed by atoms with Gasteiger partial charge in [-0.2, -0.15) is 0 Å². The Morgan fingerprint density at radius 3 is 2.79 bits per heavy atom. The second kappa shape index (κ2) is 7.19. The molecule has 0 spiro atoms. The summed E-state index contributed by atoms with van der Waals surface area (Å²) in [6, 6.07) is 9.86. The van der Waals surface area contributed by atoms with Crippen LogP contribution in [0.25, 0.3) is 10.2 Å². The Kier molecular flexibility index (Phi) is 5.01. The number of aromatic nitrogens is 2. The first-order valence-electron chi connectivity index (χ1n) is 7.44. The number of carbonyl (C=O) groups is 1. The molecule has 0 bridgehead atoms. The average Bonchev–Trinajstić information content (AvgIpc) is 3.05. The lowest BCUT2D eigenvalue weighted by molar-refractivity contribution is -0.118. The molecule has 0 radical (unpaired) electrons. The molecule has 3 aromatic rings. The zero-order chi connectivity index (χ0) is 17.1. The van der Waals surface area contributed by atoms with E-state index in [0.717, 1.165) is 5.56 Å². The molecule has 0 fully saturated rings. The first-order valence-corrected chi connectivity index (χ1v) is 9.30. The number of thioether (sulfide) groups is 1. The summed E-state index contributed by atoms with van der Waals surface area (Å²) in [6.07, 6.45) is 0. The molecule has 2 aromatic heterocycles. The first-order chi connectivity index (χ1) is 11.5. The van der Waals surface area contributed by atoms with Crippen LogP contribution in [0.4, 0.5) is 0 Å². The van der Waals surface area contributed by atoms with E-state index in [4.69, 9.17) is 0 Å². The number of rotatable bonds is 5. The van der Waals surface area contributed by atoms with Gasteiger partial charge in [0.1, 0.15) is 4.70 Å². The van der Waals surface area contributed by atoms with Crippen molar-refractivity contribution in [1.29, 1.82) is 0 Å². The van der Waals surface area contributed by atoms with E-state index in [1.165, 1.54) is 33.2 Å². The SMILES string of the molecule is Cc1ccc(CNC(=O)CSc2nc3ccsc3c(=O)n2C)cc1. The van der Waals surface area contributed by atoms with E-state index in [2.05, 4.69) is 10.3 Å². The molecule has 0 atom stereocenters. The molecular weight excluding hydrogens is 342 g/mol. The summed E-state index contributed by atoms with van der Waals surface area (Å²) in [6.45, 7) is 2.52. The van der Waals surface area contributed by atoms with Gasteiger partial charge in [0.2, 0.25) is 5.91 Å². The van der Waals surface area contributed by atoms with Gasteiger partial charge in [-0.15, -0.1) is 11.3 Å². The Balaban J connectivity index is 1.61. The van der Waals surface area contributed by atoms with Crippen LogP contribution in [0, 0.1) is 6.92 Å². The minimum atomic E-state index is -0.0831. The van der Waals surface area contributed by atoms with Crippen molar-refractivity contribution in [1.82, 2.24) is 14.9 Å².